The monoisotopic (exact) mass is 283 g/mol. The third-order valence-corrected chi connectivity index (χ3v) is 3.23. The van der Waals surface area contributed by atoms with E-state index in [4.69, 9.17) is 5.73 Å². The highest BCUT2D eigenvalue weighted by molar-refractivity contribution is 6.34. The van der Waals surface area contributed by atoms with E-state index in [1.165, 1.54) is 12.1 Å². The highest BCUT2D eigenvalue weighted by Gasteiger charge is 2.37. The molecule has 1 aliphatic rings. The predicted molar refractivity (Wildman–Crippen MR) is 75.1 cm³/mol. The summed E-state index contributed by atoms with van der Waals surface area (Å²) in [6, 6.07) is 9.86. The number of rotatable bonds is 2. The van der Waals surface area contributed by atoms with Crippen LogP contribution in [-0.2, 0) is 0 Å². The van der Waals surface area contributed by atoms with E-state index in [0.29, 0.717) is 11.4 Å². The van der Waals surface area contributed by atoms with Crippen molar-refractivity contribution < 1.29 is 14.5 Å². The Morgan fingerprint density at radius 3 is 2.19 bits per heavy atom. The molecular weight excluding hydrogens is 274 g/mol. The van der Waals surface area contributed by atoms with Crippen LogP contribution in [0, 0.1) is 10.1 Å². The van der Waals surface area contributed by atoms with Crippen LogP contribution < -0.4 is 10.6 Å². The normalized spacial score (nSPS) is 13.4. The number of amides is 2. The number of nitrogen functional groups attached to an aromatic ring is 1. The summed E-state index contributed by atoms with van der Waals surface area (Å²) in [5.41, 5.74) is 6.41. The van der Waals surface area contributed by atoms with Crippen molar-refractivity contribution in [3.63, 3.8) is 0 Å². The Kier molecular flexibility index (Phi) is 2.69. The maximum absolute atomic E-state index is 12.3. The fourth-order valence-electron chi connectivity index (χ4n) is 2.20. The van der Waals surface area contributed by atoms with E-state index >= 15 is 0 Å². The van der Waals surface area contributed by atoms with Gasteiger partial charge in [-0.1, -0.05) is 0 Å². The lowest BCUT2D eigenvalue weighted by molar-refractivity contribution is -0.384. The van der Waals surface area contributed by atoms with E-state index in [0.717, 1.165) is 11.0 Å². The molecule has 0 aromatic heterocycles. The molecule has 1 heterocycles. The number of anilines is 2. The van der Waals surface area contributed by atoms with Crippen LogP contribution in [-0.4, -0.2) is 16.7 Å². The van der Waals surface area contributed by atoms with Crippen molar-refractivity contribution in [3.8, 4) is 0 Å². The Balaban J connectivity index is 2.08. The van der Waals surface area contributed by atoms with Gasteiger partial charge in [0.05, 0.1) is 21.7 Å². The molecule has 2 aromatic carbocycles. The maximum atomic E-state index is 12.3. The molecule has 0 unspecified atom stereocenters. The molecular formula is C14H9N3O4. The number of carbonyl (C=O) groups excluding carboxylic acids is 2. The molecule has 7 heteroatoms. The second kappa shape index (κ2) is 4.41. The summed E-state index contributed by atoms with van der Waals surface area (Å²) in [6.07, 6.45) is 0. The number of hydrogen-bond donors (Lipinski definition) is 1. The van der Waals surface area contributed by atoms with Crippen LogP contribution in [0.5, 0.6) is 0 Å². The molecule has 0 bridgehead atoms. The van der Waals surface area contributed by atoms with Crippen molar-refractivity contribution in [1.29, 1.82) is 0 Å². The minimum Gasteiger partial charge on any atom is -0.399 e. The first-order valence-electron chi connectivity index (χ1n) is 6.02. The summed E-state index contributed by atoms with van der Waals surface area (Å²) in [5, 5.41) is 10.8. The SMILES string of the molecule is Nc1ccc(N2C(=O)c3ccc([N+](=O)[O-])cc3C2=O)cc1. The third kappa shape index (κ3) is 1.91. The van der Waals surface area contributed by atoms with Gasteiger partial charge in [-0.15, -0.1) is 0 Å². The fraction of sp³-hybridized carbons (Fsp3) is 0. The summed E-state index contributed by atoms with van der Waals surface area (Å²) in [6.45, 7) is 0. The standard InChI is InChI=1S/C14H9N3O4/c15-8-1-3-9(4-2-8)16-13(18)11-6-5-10(17(20)21)7-12(11)14(16)19/h1-7H,15H2. The van der Waals surface area contributed by atoms with Gasteiger partial charge in [-0.2, -0.15) is 0 Å². The number of carbonyl (C=O) groups is 2. The maximum Gasteiger partial charge on any atom is 0.270 e. The van der Waals surface area contributed by atoms with E-state index in [-0.39, 0.29) is 16.8 Å². The number of nitrogens with zero attached hydrogens (tertiary/aromatic N) is 2. The number of imide groups is 1. The van der Waals surface area contributed by atoms with Gasteiger partial charge < -0.3 is 5.73 Å². The first kappa shape index (κ1) is 12.8. The van der Waals surface area contributed by atoms with E-state index in [1.807, 2.05) is 0 Å². The molecule has 1 aliphatic heterocycles. The van der Waals surface area contributed by atoms with Crippen molar-refractivity contribution in [2.75, 3.05) is 10.6 Å². The lowest BCUT2D eigenvalue weighted by Crippen LogP contribution is -2.29. The summed E-state index contributed by atoms with van der Waals surface area (Å²) >= 11 is 0. The van der Waals surface area contributed by atoms with Gasteiger partial charge in [0.2, 0.25) is 0 Å². The van der Waals surface area contributed by atoms with Gasteiger partial charge in [0.1, 0.15) is 0 Å². The molecule has 0 saturated carbocycles. The van der Waals surface area contributed by atoms with E-state index in [9.17, 15) is 19.7 Å². The van der Waals surface area contributed by atoms with Gasteiger partial charge >= 0.3 is 0 Å². The minimum atomic E-state index is -0.607. The van der Waals surface area contributed by atoms with Crippen LogP contribution in [0.3, 0.4) is 0 Å². The third-order valence-electron chi connectivity index (χ3n) is 3.23. The van der Waals surface area contributed by atoms with Gasteiger partial charge in [-0.3, -0.25) is 19.7 Å². The van der Waals surface area contributed by atoms with E-state index in [1.54, 1.807) is 24.3 Å². The second-order valence-electron chi connectivity index (χ2n) is 4.52. The smallest absolute Gasteiger partial charge is 0.270 e. The highest BCUT2D eigenvalue weighted by atomic mass is 16.6. The minimum absolute atomic E-state index is 0.0334. The molecule has 2 aromatic rings. The number of hydrogen-bond acceptors (Lipinski definition) is 5. The van der Waals surface area contributed by atoms with Crippen LogP contribution in [0.1, 0.15) is 20.7 Å². The molecule has 21 heavy (non-hydrogen) atoms. The molecule has 0 fully saturated rings. The zero-order chi connectivity index (χ0) is 15.1. The Bertz CT molecular complexity index is 783. The molecule has 7 nitrogen and oxygen atoms in total. The van der Waals surface area contributed by atoms with Gasteiger partial charge in [-0.25, -0.2) is 4.90 Å². The molecule has 0 radical (unpaired) electrons. The Morgan fingerprint density at radius 2 is 1.57 bits per heavy atom. The summed E-state index contributed by atoms with van der Waals surface area (Å²) in [5.74, 6) is -1.09. The van der Waals surface area contributed by atoms with E-state index < -0.39 is 16.7 Å². The molecule has 0 spiro atoms. The zero-order valence-electron chi connectivity index (χ0n) is 10.6. The van der Waals surface area contributed by atoms with Gasteiger partial charge in [0, 0.05) is 17.8 Å². The summed E-state index contributed by atoms with van der Waals surface area (Å²) < 4.78 is 0. The molecule has 2 N–H and O–H groups in total. The van der Waals surface area contributed by atoms with Crippen LogP contribution >= 0.6 is 0 Å². The van der Waals surface area contributed by atoms with Crippen molar-refractivity contribution >= 4 is 28.9 Å². The first-order valence-corrected chi connectivity index (χ1v) is 6.02. The first-order chi connectivity index (χ1) is 9.99. The summed E-state index contributed by atoms with van der Waals surface area (Å²) in [7, 11) is 0. The highest BCUT2D eigenvalue weighted by Crippen LogP contribution is 2.30. The predicted octanol–water partition coefficient (Wildman–Crippen LogP) is 1.98. The van der Waals surface area contributed by atoms with Crippen LogP contribution in [0.15, 0.2) is 42.5 Å². The van der Waals surface area contributed by atoms with Gasteiger partial charge in [-0.05, 0) is 30.3 Å². The molecule has 0 saturated heterocycles. The molecule has 0 atom stereocenters. The second-order valence-corrected chi connectivity index (χ2v) is 4.52. The van der Waals surface area contributed by atoms with Crippen LogP contribution in [0.2, 0.25) is 0 Å². The molecule has 3 rings (SSSR count). The number of nitro benzene ring substituents is 1. The lowest BCUT2D eigenvalue weighted by Gasteiger charge is -2.13. The number of nitro groups is 1. The number of non-ortho nitro benzene ring substituents is 1. The zero-order valence-corrected chi connectivity index (χ0v) is 10.6. The average molecular weight is 283 g/mol. The Hall–Kier alpha value is -3.22. The van der Waals surface area contributed by atoms with Gasteiger partial charge in [0.15, 0.2) is 0 Å². The Morgan fingerprint density at radius 1 is 0.952 bits per heavy atom. The Labute approximate surface area is 118 Å². The van der Waals surface area contributed by atoms with Crippen LogP contribution in [0.4, 0.5) is 17.1 Å². The van der Waals surface area contributed by atoms with Crippen molar-refractivity contribution in [1.82, 2.24) is 0 Å². The number of nitrogens with two attached hydrogens (primary N) is 1. The molecule has 104 valence electrons. The van der Waals surface area contributed by atoms with Crippen molar-refractivity contribution in [3.05, 3.63) is 63.7 Å². The van der Waals surface area contributed by atoms with Crippen molar-refractivity contribution in [2.24, 2.45) is 0 Å². The topological polar surface area (TPSA) is 107 Å². The number of benzene rings is 2. The van der Waals surface area contributed by atoms with Gasteiger partial charge in [0.25, 0.3) is 17.5 Å². The van der Waals surface area contributed by atoms with Crippen molar-refractivity contribution in [2.45, 2.75) is 0 Å². The largest absolute Gasteiger partial charge is 0.399 e. The van der Waals surface area contributed by atoms with E-state index in [2.05, 4.69) is 0 Å². The average Bonchev–Trinajstić information content (AvgIpc) is 2.72. The molecule has 2 amide bonds. The fourth-order valence-corrected chi connectivity index (χ4v) is 2.20. The quantitative estimate of drug-likeness (QED) is 0.392. The summed E-state index contributed by atoms with van der Waals surface area (Å²) in [4.78, 5) is 35.7. The molecule has 0 aliphatic carbocycles. The lowest BCUT2D eigenvalue weighted by atomic mass is 10.1. The van der Waals surface area contributed by atoms with Crippen LogP contribution in [0.25, 0.3) is 0 Å². The number of fused-ring (bicyclic) bond motifs is 1.